The summed E-state index contributed by atoms with van der Waals surface area (Å²) in [5.74, 6) is 1.01. The van der Waals surface area contributed by atoms with Gasteiger partial charge in [0.05, 0.1) is 5.56 Å². The normalized spacial score (nSPS) is 10.3. The number of carboxylic acid groups (broad SMARTS) is 1. The number of benzene rings is 1. The zero-order valence-corrected chi connectivity index (χ0v) is 11.1. The average molecular weight is 246 g/mol. The first-order valence-corrected chi connectivity index (χ1v) is 8.71. The molecule has 0 radical (unpaired) electrons. The lowest BCUT2D eigenvalue weighted by Crippen LogP contribution is -2.17. The molecule has 1 aromatic rings. The fourth-order valence-corrected chi connectivity index (χ4v) is 1.67. The van der Waals surface area contributed by atoms with Crippen molar-refractivity contribution in [2.45, 2.75) is 19.6 Å². The van der Waals surface area contributed by atoms with Gasteiger partial charge in [-0.15, -0.1) is 5.54 Å². The second-order valence-electron chi connectivity index (χ2n) is 4.68. The number of ketones is 1. The highest BCUT2D eigenvalue weighted by molar-refractivity contribution is 6.84. The summed E-state index contributed by atoms with van der Waals surface area (Å²) < 4.78 is 0. The highest BCUT2D eigenvalue weighted by Crippen LogP contribution is 2.09. The molecule has 0 heterocycles. The van der Waals surface area contributed by atoms with Gasteiger partial charge in [-0.1, -0.05) is 31.8 Å². The van der Waals surface area contributed by atoms with E-state index in [1.165, 1.54) is 12.1 Å². The van der Waals surface area contributed by atoms with E-state index in [9.17, 15) is 9.59 Å². The van der Waals surface area contributed by atoms with Crippen molar-refractivity contribution in [1.29, 1.82) is 0 Å². The van der Waals surface area contributed by atoms with Gasteiger partial charge in [-0.2, -0.15) is 0 Å². The van der Waals surface area contributed by atoms with Crippen LogP contribution in [0.15, 0.2) is 24.3 Å². The fraction of sp³-hybridized carbons (Fsp3) is 0.231. The highest BCUT2D eigenvalue weighted by atomic mass is 28.3. The van der Waals surface area contributed by atoms with Gasteiger partial charge >= 0.3 is 5.97 Å². The second kappa shape index (κ2) is 4.98. The number of rotatable bonds is 2. The SMILES string of the molecule is C[Si](C)(C)C#CC(=O)c1ccccc1C(=O)O. The molecule has 0 unspecified atom stereocenters. The van der Waals surface area contributed by atoms with Crippen molar-refractivity contribution in [2.24, 2.45) is 0 Å². The van der Waals surface area contributed by atoms with Gasteiger partial charge < -0.3 is 5.11 Å². The Morgan fingerprint density at radius 2 is 1.65 bits per heavy atom. The Labute approximate surface area is 101 Å². The topological polar surface area (TPSA) is 54.4 Å². The van der Waals surface area contributed by atoms with Gasteiger partial charge in [0.2, 0.25) is 5.78 Å². The molecule has 1 N–H and O–H groups in total. The van der Waals surface area contributed by atoms with E-state index in [4.69, 9.17) is 5.11 Å². The van der Waals surface area contributed by atoms with Crippen LogP contribution in [-0.4, -0.2) is 24.9 Å². The van der Waals surface area contributed by atoms with Crippen LogP contribution in [0.5, 0.6) is 0 Å². The molecule has 0 saturated carbocycles. The Bertz CT molecular complexity index is 515. The zero-order chi connectivity index (χ0) is 13.1. The van der Waals surface area contributed by atoms with Crippen molar-refractivity contribution in [1.82, 2.24) is 0 Å². The summed E-state index contributed by atoms with van der Waals surface area (Å²) in [6.45, 7) is 6.07. The molecule has 88 valence electrons. The van der Waals surface area contributed by atoms with E-state index in [0.29, 0.717) is 0 Å². The van der Waals surface area contributed by atoms with Gasteiger partial charge in [0.25, 0.3) is 0 Å². The summed E-state index contributed by atoms with van der Waals surface area (Å²) >= 11 is 0. The van der Waals surface area contributed by atoms with Crippen molar-refractivity contribution in [3.8, 4) is 11.5 Å². The van der Waals surface area contributed by atoms with Crippen LogP contribution in [0.3, 0.4) is 0 Å². The van der Waals surface area contributed by atoms with Crippen LogP contribution in [-0.2, 0) is 0 Å². The molecular formula is C13H14O3Si. The van der Waals surface area contributed by atoms with Crippen molar-refractivity contribution in [2.75, 3.05) is 0 Å². The Kier molecular flexibility index (Phi) is 3.87. The number of aromatic carboxylic acids is 1. The predicted molar refractivity (Wildman–Crippen MR) is 68.9 cm³/mol. The third-order valence-corrected chi connectivity index (χ3v) is 2.83. The summed E-state index contributed by atoms with van der Waals surface area (Å²) in [6, 6.07) is 6.12. The number of carboxylic acids is 1. The van der Waals surface area contributed by atoms with E-state index in [-0.39, 0.29) is 11.1 Å². The lowest BCUT2D eigenvalue weighted by Gasteiger charge is -2.04. The Hall–Kier alpha value is -1.86. The Balaban J connectivity index is 3.12. The molecule has 0 saturated heterocycles. The number of hydrogen-bond acceptors (Lipinski definition) is 2. The first-order valence-electron chi connectivity index (χ1n) is 5.21. The molecule has 0 aliphatic heterocycles. The third-order valence-electron chi connectivity index (χ3n) is 1.95. The molecule has 0 atom stereocenters. The van der Waals surface area contributed by atoms with E-state index in [0.717, 1.165) is 0 Å². The van der Waals surface area contributed by atoms with Crippen LogP contribution < -0.4 is 0 Å². The van der Waals surface area contributed by atoms with Crippen molar-refractivity contribution >= 4 is 19.8 Å². The minimum absolute atomic E-state index is 0.00220. The van der Waals surface area contributed by atoms with Crippen LogP contribution in [0.25, 0.3) is 0 Å². The molecule has 1 rings (SSSR count). The second-order valence-corrected chi connectivity index (χ2v) is 9.43. The summed E-state index contributed by atoms with van der Waals surface area (Å²) in [4.78, 5) is 22.7. The van der Waals surface area contributed by atoms with Crippen LogP contribution in [0.2, 0.25) is 19.6 Å². The summed E-state index contributed by atoms with van der Waals surface area (Å²) in [5.41, 5.74) is 3.09. The number of hydrogen-bond donors (Lipinski definition) is 1. The Morgan fingerprint density at radius 1 is 1.12 bits per heavy atom. The van der Waals surface area contributed by atoms with Crippen molar-refractivity contribution in [3.05, 3.63) is 35.4 Å². The molecule has 0 aromatic heterocycles. The van der Waals surface area contributed by atoms with Crippen molar-refractivity contribution in [3.63, 3.8) is 0 Å². The quantitative estimate of drug-likeness (QED) is 0.495. The van der Waals surface area contributed by atoms with E-state index in [2.05, 4.69) is 11.5 Å². The molecule has 17 heavy (non-hydrogen) atoms. The van der Waals surface area contributed by atoms with Gasteiger partial charge in [0.1, 0.15) is 8.07 Å². The minimum Gasteiger partial charge on any atom is -0.478 e. The van der Waals surface area contributed by atoms with Crippen LogP contribution in [0.1, 0.15) is 20.7 Å². The largest absolute Gasteiger partial charge is 0.478 e. The summed E-state index contributed by atoms with van der Waals surface area (Å²) in [5, 5.41) is 8.95. The van der Waals surface area contributed by atoms with E-state index < -0.39 is 19.8 Å². The number of carbonyl (C=O) groups is 2. The van der Waals surface area contributed by atoms with Gasteiger partial charge in [-0.3, -0.25) is 4.79 Å². The number of Topliss-reactive ketones (excluding diaryl/α,β-unsaturated/α-hetero) is 1. The molecular weight excluding hydrogens is 232 g/mol. The van der Waals surface area contributed by atoms with Crippen LogP contribution >= 0.6 is 0 Å². The highest BCUT2D eigenvalue weighted by Gasteiger charge is 2.15. The maximum atomic E-state index is 11.8. The average Bonchev–Trinajstić information content (AvgIpc) is 2.25. The van der Waals surface area contributed by atoms with Crippen molar-refractivity contribution < 1.29 is 14.7 Å². The molecule has 4 heteroatoms. The molecule has 0 fully saturated rings. The molecule has 0 spiro atoms. The van der Waals surface area contributed by atoms with Crippen LogP contribution in [0, 0.1) is 11.5 Å². The fourth-order valence-electron chi connectivity index (χ4n) is 1.18. The van der Waals surface area contributed by atoms with E-state index in [1.807, 2.05) is 19.6 Å². The van der Waals surface area contributed by atoms with Gasteiger partial charge in [0, 0.05) is 5.56 Å². The number of carbonyl (C=O) groups excluding carboxylic acids is 1. The van der Waals surface area contributed by atoms with Crippen LogP contribution in [0.4, 0.5) is 0 Å². The minimum atomic E-state index is -1.63. The summed E-state index contributed by atoms with van der Waals surface area (Å²) in [6.07, 6.45) is 0. The monoisotopic (exact) mass is 246 g/mol. The predicted octanol–water partition coefficient (Wildman–Crippen LogP) is 2.45. The lowest BCUT2D eigenvalue weighted by atomic mass is 10.0. The first kappa shape index (κ1) is 13.2. The van der Waals surface area contributed by atoms with Gasteiger partial charge in [0.15, 0.2) is 0 Å². The summed E-state index contributed by atoms with van der Waals surface area (Å²) in [7, 11) is -1.63. The molecule has 0 amide bonds. The van der Waals surface area contributed by atoms with E-state index >= 15 is 0 Å². The maximum absolute atomic E-state index is 11.8. The molecule has 3 nitrogen and oxygen atoms in total. The Morgan fingerprint density at radius 3 is 2.12 bits per heavy atom. The molecule has 0 aliphatic carbocycles. The lowest BCUT2D eigenvalue weighted by molar-refractivity contribution is 0.0693. The molecule has 1 aromatic carbocycles. The van der Waals surface area contributed by atoms with E-state index in [1.54, 1.807) is 12.1 Å². The molecule has 0 aliphatic rings. The zero-order valence-electron chi connectivity index (χ0n) is 10.1. The smallest absolute Gasteiger partial charge is 0.336 e. The van der Waals surface area contributed by atoms with Gasteiger partial charge in [-0.25, -0.2) is 4.79 Å². The van der Waals surface area contributed by atoms with Gasteiger partial charge in [-0.05, 0) is 18.1 Å². The third kappa shape index (κ3) is 3.89. The standard InChI is InChI=1S/C13H14O3Si/c1-17(2,3)9-8-12(14)10-6-4-5-7-11(10)13(15)16/h4-7H,1-3H3,(H,15,16). The first-order chi connectivity index (χ1) is 7.81. The maximum Gasteiger partial charge on any atom is 0.336 e. The molecule has 0 bridgehead atoms.